The normalized spacial score (nSPS) is 0. The molecule has 0 amide bonds. The first-order valence-corrected chi connectivity index (χ1v) is 0. The van der Waals surface area contributed by atoms with Gasteiger partial charge in [-0.05, 0) is 0 Å². The van der Waals surface area contributed by atoms with Gasteiger partial charge >= 0.3 is 0 Å². The number of rotatable bonds is 0. The Hall–Kier alpha value is 28.7. The van der Waals surface area contributed by atoms with Gasteiger partial charge in [-0.15, -0.1) is 0 Å². The van der Waals surface area contributed by atoms with E-state index in [0.717, 1.165) is 0 Å². The summed E-state index contributed by atoms with van der Waals surface area (Å²) in [5, 5.41) is 0. The molecule has 0 fully saturated rings. The first-order chi connectivity index (χ1) is 0. The molecule has 0 aliphatic carbocycles. The van der Waals surface area contributed by atoms with Crippen molar-refractivity contribution in [3.8, 4) is 0 Å². The Morgan fingerprint density at radius 3 is 0.0385 bits per heavy atom. The number of hydrogen-bond acceptors (Lipinski definition) is 0. The summed E-state index contributed by atoms with van der Waals surface area (Å²) in [5.41, 5.74) is 0. The minimum Gasteiger partial charge on any atom is 0 e. The van der Waals surface area contributed by atoms with E-state index in [9.17, 15) is 0 Å². The molecular formula is Y26. The predicted octanol–water partition coefficient (Wildman–Crippen LogP) is -0.0650. The van der Waals surface area contributed by atoms with Crippen LogP contribution in [0.5, 0.6) is 0 Å². The van der Waals surface area contributed by atoms with Crippen LogP contribution in [0.4, 0.5) is 0 Å². The van der Waals surface area contributed by atoms with Gasteiger partial charge in [-0.2, -0.15) is 0 Å². The van der Waals surface area contributed by atoms with E-state index in [4.69, 9.17) is 0 Å². The Bertz CT molecular complexity index is 0. The van der Waals surface area contributed by atoms with Gasteiger partial charge in [0.05, 0.1) is 0 Å². The minimum atomic E-state index is 0. The van der Waals surface area contributed by atoms with Crippen LogP contribution in [0, 0.1) is 0 Å². The average Bonchev–Trinajstić information content (AvgIpc) is 0. The van der Waals surface area contributed by atoms with Crippen LogP contribution in [0.1, 0.15) is 0 Å². The zero-order chi connectivity index (χ0) is 0. The van der Waals surface area contributed by atoms with Gasteiger partial charge < -0.3 is 0 Å². The Balaban J connectivity index is 0. The maximum atomic E-state index is 0. The van der Waals surface area contributed by atoms with Gasteiger partial charge in [-0.1, -0.05) is 0 Å². The van der Waals surface area contributed by atoms with E-state index < -0.39 is 0 Å². The molecule has 0 spiro atoms. The largest absolute Gasteiger partial charge is 0 e. The minimum absolute atomic E-state index is 0. The molecule has 0 atom stereocenters. The molecule has 26 heavy (non-hydrogen) atoms. The molecule has 0 N–H and O–H groups in total. The Kier molecular flexibility index (Phi) is 1330. The molecular weight excluding hydrogens is 2310 g/mol. The molecule has 0 saturated carbocycles. The summed E-state index contributed by atoms with van der Waals surface area (Å²) >= 11 is 0. The molecule has 0 rings (SSSR count). The van der Waals surface area contributed by atoms with Gasteiger partial charge in [0.1, 0.15) is 0 Å². The molecule has 0 aromatic heterocycles. The molecule has 78 valence electrons. The maximum Gasteiger partial charge on any atom is 0 e. The summed E-state index contributed by atoms with van der Waals surface area (Å²) < 4.78 is 0. The van der Waals surface area contributed by atoms with Crippen LogP contribution in [0.15, 0.2) is 0 Å². The molecule has 0 aliphatic heterocycles. The third-order valence-corrected chi connectivity index (χ3v) is 0. The molecule has 0 aromatic rings. The van der Waals surface area contributed by atoms with Crippen LogP contribution < -0.4 is 0 Å². The summed E-state index contributed by atoms with van der Waals surface area (Å²) in [5.74, 6) is 0. The molecule has 0 heterocycles. The first kappa shape index (κ1) is 191. The van der Waals surface area contributed by atoms with Gasteiger partial charge in [0.25, 0.3) is 0 Å². The van der Waals surface area contributed by atoms with Gasteiger partial charge in [0, 0.05) is 850 Å². The Morgan fingerprint density at radius 2 is 0.0385 bits per heavy atom. The van der Waals surface area contributed by atoms with E-state index in [1.807, 2.05) is 0 Å². The fourth-order valence-corrected chi connectivity index (χ4v) is 0. The summed E-state index contributed by atoms with van der Waals surface area (Å²) in [6.07, 6.45) is 0. The van der Waals surface area contributed by atoms with Crippen LogP contribution in [0.3, 0.4) is 0 Å². The zero-order valence-electron chi connectivity index (χ0n) is 15.0. The summed E-state index contributed by atoms with van der Waals surface area (Å²) in [4.78, 5) is 0. The predicted molar refractivity (Wildman–Crippen MR) is 0 cm³/mol. The summed E-state index contributed by atoms with van der Waals surface area (Å²) in [6.45, 7) is 0. The quantitative estimate of drug-likeness (QED) is 0.320. The second kappa shape index (κ2) is 181. The fraction of sp³-hybridized carbons (Fsp3) is 0. The molecule has 26 heteroatoms. The van der Waals surface area contributed by atoms with Gasteiger partial charge in [-0.3, -0.25) is 0 Å². The van der Waals surface area contributed by atoms with Crippen molar-refractivity contribution in [2.45, 2.75) is 0 Å². The Labute approximate surface area is 817 Å². The van der Waals surface area contributed by atoms with Gasteiger partial charge in [-0.25, -0.2) is 0 Å². The van der Waals surface area contributed by atoms with Crippen molar-refractivity contribution >= 4 is 0 Å². The van der Waals surface area contributed by atoms with E-state index in [1.165, 1.54) is 0 Å². The van der Waals surface area contributed by atoms with Gasteiger partial charge in [0.2, 0.25) is 0 Å². The monoisotopic (exact) mass is 2310 g/mol. The molecule has 0 unspecified atom stereocenters. The smallest absolute Gasteiger partial charge is 0 e. The van der Waals surface area contributed by atoms with E-state index in [0.29, 0.717) is 0 Å². The molecule has 0 saturated heterocycles. The van der Waals surface area contributed by atoms with Crippen molar-refractivity contribution in [1.82, 2.24) is 0 Å². The van der Waals surface area contributed by atoms with Crippen molar-refractivity contribution in [2.75, 3.05) is 0 Å². The fourth-order valence-electron chi connectivity index (χ4n) is 0. The Morgan fingerprint density at radius 1 is 0.0385 bits per heavy atom. The van der Waals surface area contributed by atoms with Crippen molar-refractivity contribution in [3.05, 3.63) is 0 Å². The average molecular weight is 2310 g/mol. The van der Waals surface area contributed by atoms with Crippen molar-refractivity contribution < 1.29 is 850 Å². The zero-order valence-corrected chi connectivity index (χ0v) is 88.8. The molecule has 0 nitrogen and oxygen atoms in total. The third-order valence-electron chi connectivity index (χ3n) is 0. The van der Waals surface area contributed by atoms with Crippen molar-refractivity contribution in [3.63, 3.8) is 0 Å². The van der Waals surface area contributed by atoms with E-state index in [1.54, 1.807) is 0 Å². The van der Waals surface area contributed by atoms with E-state index in [2.05, 4.69) is 0 Å². The maximum absolute atomic E-state index is 0. The summed E-state index contributed by atoms with van der Waals surface area (Å²) in [6, 6.07) is 0. The standard InChI is InChI=1S/26Y. The van der Waals surface area contributed by atoms with Crippen LogP contribution >= 0.6 is 0 Å². The second-order valence-electron chi connectivity index (χ2n) is 0. The molecule has 26 radical (unpaired) electrons. The SMILES string of the molecule is [Y].[Y].[Y].[Y].[Y].[Y].[Y].[Y].[Y].[Y].[Y].[Y].[Y].[Y].[Y].[Y].[Y].[Y].[Y].[Y].[Y].[Y].[Y].[Y].[Y].[Y]. The van der Waals surface area contributed by atoms with Crippen molar-refractivity contribution in [1.29, 1.82) is 0 Å². The first-order valence-electron chi connectivity index (χ1n) is 0. The van der Waals surface area contributed by atoms with Gasteiger partial charge in [0.15, 0.2) is 0 Å². The topological polar surface area (TPSA) is 0 Å². The third kappa shape index (κ3) is 171. The summed E-state index contributed by atoms with van der Waals surface area (Å²) in [7, 11) is 0. The van der Waals surface area contributed by atoms with Crippen LogP contribution in [0.2, 0.25) is 0 Å². The molecule has 0 bridgehead atoms. The molecule has 0 aliphatic rings. The van der Waals surface area contributed by atoms with Crippen LogP contribution in [-0.2, 0) is 850 Å². The van der Waals surface area contributed by atoms with Crippen LogP contribution in [-0.4, -0.2) is 0 Å². The second-order valence-corrected chi connectivity index (χ2v) is 0. The van der Waals surface area contributed by atoms with E-state index in [-0.39, 0.29) is 850 Å². The van der Waals surface area contributed by atoms with Crippen molar-refractivity contribution in [2.24, 2.45) is 0 Å². The van der Waals surface area contributed by atoms with Crippen LogP contribution in [0.25, 0.3) is 0 Å². The van der Waals surface area contributed by atoms with E-state index >= 15 is 0 Å². The number of hydrogen-bond donors (Lipinski definition) is 0. The molecule has 0 aromatic carbocycles.